The van der Waals surface area contributed by atoms with Gasteiger partial charge < -0.3 is 10.2 Å². The first kappa shape index (κ1) is 13.9. The first-order valence-corrected chi connectivity index (χ1v) is 7.59. The van der Waals surface area contributed by atoms with E-state index < -0.39 is 0 Å². The summed E-state index contributed by atoms with van der Waals surface area (Å²) in [5, 5.41) is 3.63. The number of halogens is 1. The number of nitrogens with zero attached hydrogens (tertiary/aromatic N) is 1. The van der Waals surface area contributed by atoms with Crippen molar-refractivity contribution in [3.8, 4) is 0 Å². The van der Waals surface area contributed by atoms with Crippen LogP contribution in [0.15, 0.2) is 22.7 Å². The third-order valence-electron chi connectivity index (χ3n) is 3.40. The van der Waals surface area contributed by atoms with Crippen molar-refractivity contribution in [1.82, 2.24) is 5.32 Å². The molecular weight excluding hydrogens is 288 g/mol. The van der Waals surface area contributed by atoms with Gasteiger partial charge in [0.2, 0.25) is 0 Å². The number of nitrogens with one attached hydrogen (secondary N) is 1. The number of benzene rings is 1. The minimum atomic E-state index is 0.623. The Morgan fingerprint density at radius 2 is 2.17 bits per heavy atom. The molecule has 0 spiro atoms. The van der Waals surface area contributed by atoms with Crippen molar-refractivity contribution in [2.24, 2.45) is 5.92 Å². The summed E-state index contributed by atoms with van der Waals surface area (Å²) in [5.41, 5.74) is 2.66. The molecule has 0 aromatic heterocycles. The molecule has 0 amide bonds. The Bertz CT molecular complexity index is 383. The molecule has 3 heteroatoms. The van der Waals surface area contributed by atoms with Crippen LogP contribution in [0.4, 0.5) is 5.69 Å². The SMILES string of the molecule is Cc1cc(Br)cc(N2CCNC(CC(C)C)C2)c1. The normalized spacial score (nSPS) is 20.5. The first-order valence-electron chi connectivity index (χ1n) is 6.80. The van der Waals surface area contributed by atoms with Gasteiger partial charge in [-0.1, -0.05) is 29.8 Å². The van der Waals surface area contributed by atoms with Gasteiger partial charge >= 0.3 is 0 Å². The van der Waals surface area contributed by atoms with Gasteiger partial charge in [0.15, 0.2) is 0 Å². The van der Waals surface area contributed by atoms with E-state index in [1.54, 1.807) is 0 Å². The van der Waals surface area contributed by atoms with E-state index in [1.807, 2.05) is 0 Å². The van der Waals surface area contributed by atoms with Crippen molar-refractivity contribution in [3.63, 3.8) is 0 Å². The third kappa shape index (κ3) is 3.72. The predicted octanol–water partition coefficient (Wildman–Crippen LogP) is 3.58. The Morgan fingerprint density at radius 1 is 1.39 bits per heavy atom. The Morgan fingerprint density at radius 3 is 2.83 bits per heavy atom. The van der Waals surface area contributed by atoms with Crippen LogP contribution in [0.25, 0.3) is 0 Å². The molecule has 2 rings (SSSR count). The fourth-order valence-corrected chi connectivity index (χ4v) is 3.28. The van der Waals surface area contributed by atoms with Crippen LogP contribution in [0.1, 0.15) is 25.8 Å². The number of rotatable bonds is 3. The van der Waals surface area contributed by atoms with Crippen molar-refractivity contribution in [3.05, 3.63) is 28.2 Å². The monoisotopic (exact) mass is 310 g/mol. The second-order valence-electron chi connectivity index (χ2n) is 5.71. The molecule has 1 aromatic rings. The summed E-state index contributed by atoms with van der Waals surface area (Å²) in [6.07, 6.45) is 1.25. The van der Waals surface area contributed by atoms with Gasteiger partial charge in [-0.05, 0) is 43.0 Å². The highest BCUT2D eigenvalue weighted by Gasteiger charge is 2.20. The van der Waals surface area contributed by atoms with Crippen LogP contribution in [-0.2, 0) is 0 Å². The molecule has 1 saturated heterocycles. The van der Waals surface area contributed by atoms with Crippen molar-refractivity contribution in [2.75, 3.05) is 24.5 Å². The van der Waals surface area contributed by atoms with Gasteiger partial charge in [-0.15, -0.1) is 0 Å². The van der Waals surface area contributed by atoms with Crippen LogP contribution in [-0.4, -0.2) is 25.7 Å². The molecule has 1 aromatic carbocycles. The standard InChI is InChI=1S/C15H23BrN2/c1-11(2)6-14-10-18(5-4-17-14)15-8-12(3)7-13(16)9-15/h7-9,11,14,17H,4-6,10H2,1-3H3. The van der Waals surface area contributed by atoms with E-state index in [0.717, 1.165) is 25.6 Å². The van der Waals surface area contributed by atoms with Crippen molar-refractivity contribution >= 4 is 21.6 Å². The van der Waals surface area contributed by atoms with Crippen LogP contribution in [0.5, 0.6) is 0 Å². The predicted molar refractivity (Wildman–Crippen MR) is 82.3 cm³/mol. The molecule has 0 radical (unpaired) electrons. The molecule has 1 aliphatic heterocycles. The maximum atomic E-state index is 3.63. The molecule has 0 aliphatic carbocycles. The molecule has 1 unspecified atom stereocenters. The largest absolute Gasteiger partial charge is 0.369 e. The van der Waals surface area contributed by atoms with Crippen LogP contribution < -0.4 is 10.2 Å². The molecule has 2 nitrogen and oxygen atoms in total. The zero-order chi connectivity index (χ0) is 13.1. The molecule has 1 aliphatic rings. The molecular formula is C15H23BrN2. The molecule has 0 bridgehead atoms. The van der Waals surface area contributed by atoms with E-state index in [2.05, 4.69) is 65.1 Å². The van der Waals surface area contributed by atoms with E-state index in [9.17, 15) is 0 Å². The van der Waals surface area contributed by atoms with Crippen molar-refractivity contribution in [2.45, 2.75) is 33.2 Å². The Balaban J connectivity index is 2.08. The summed E-state index contributed by atoms with van der Waals surface area (Å²) in [4.78, 5) is 2.50. The average molecular weight is 311 g/mol. The second kappa shape index (κ2) is 6.07. The summed E-state index contributed by atoms with van der Waals surface area (Å²) in [6, 6.07) is 7.29. The van der Waals surface area contributed by atoms with Crippen LogP contribution in [0.3, 0.4) is 0 Å². The fraction of sp³-hybridized carbons (Fsp3) is 0.600. The van der Waals surface area contributed by atoms with Crippen LogP contribution in [0, 0.1) is 12.8 Å². The third-order valence-corrected chi connectivity index (χ3v) is 3.86. The quantitative estimate of drug-likeness (QED) is 0.918. The lowest BCUT2D eigenvalue weighted by Crippen LogP contribution is -2.51. The smallest absolute Gasteiger partial charge is 0.0381 e. The summed E-state index contributed by atoms with van der Waals surface area (Å²) in [7, 11) is 0. The number of piperazine rings is 1. The van der Waals surface area contributed by atoms with Gasteiger partial charge in [-0.25, -0.2) is 0 Å². The number of anilines is 1. The van der Waals surface area contributed by atoms with Crippen molar-refractivity contribution in [1.29, 1.82) is 0 Å². The lowest BCUT2D eigenvalue weighted by Gasteiger charge is -2.36. The fourth-order valence-electron chi connectivity index (χ4n) is 2.69. The highest BCUT2D eigenvalue weighted by atomic mass is 79.9. The van der Waals surface area contributed by atoms with E-state index >= 15 is 0 Å². The van der Waals surface area contributed by atoms with E-state index in [-0.39, 0.29) is 0 Å². The van der Waals surface area contributed by atoms with Gasteiger partial charge in [0.25, 0.3) is 0 Å². The minimum Gasteiger partial charge on any atom is -0.369 e. The summed E-state index contributed by atoms with van der Waals surface area (Å²) in [5.74, 6) is 0.756. The van der Waals surface area contributed by atoms with Gasteiger partial charge in [0, 0.05) is 35.8 Å². The van der Waals surface area contributed by atoms with E-state index in [0.29, 0.717) is 6.04 Å². The highest BCUT2D eigenvalue weighted by molar-refractivity contribution is 9.10. The van der Waals surface area contributed by atoms with Crippen molar-refractivity contribution < 1.29 is 0 Å². The lowest BCUT2D eigenvalue weighted by atomic mass is 10.0. The van der Waals surface area contributed by atoms with Gasteiger partial charge in [-0.2, -0.15) is 0 Å². The Labute approximate surface area is 119 Å². The minimum absolute atomic E-state index is 0.623. The second-order valence-corrected chi connectivity index (χ2v) is 6.63. The van der Waals surface area contributed by atoms with Gasteiger partial charge in [0.1, 0.15) is 0 Å². The zero-order valence-corrected chi connectivity index (χ0v) is 13.1. The zero-order valence-electron chi connectivity index (χ0n) is 11.5. The maximum absolute atomic E-state index is 3.63. The highest BCUT2D eigenvalue weighted by Crippen LogP contribution is 2.24. The molecule has 18 heavy (non-hydrogen) atoms. The molecule has 1 N–H and O–H groups in total. The number of hydrogen-bond acceptors (Lipinski definition) is 2. The van der Waals surface area contributed by atoms with Crippen LogP contribution in [0.2, 0.25) is 0 Å². The Kier molecular flexibility index (Phi) is 4.68. The topological polar surface area (TPSA) is 15.3 Å². The summed E-state index contributed by atoms with van der Waals surface area (Å²) < 4.78 is 1.18. The summed E-state index contributed by atoms with van der Waals surface area (Å²) >= 11 is 3.59. The van der Waals surface area contributed by atoms with Crippen LogP contribution >= 0.6 is 15.9 Å². The average Bonchev–Trinajstić information content (AvgIpc) is 2.27. The molecule has 1 atom stereocenters. The molecule has 1 heterocycles. The molecule has 100 valence electrons. The molecule has 1 fully saturated rings. The van der Waals surface area contributed by atoms with E-state index in [4.69, 9.17) is 0 Å². The molecule has 0 saturated carbocycles. The Hall–Kier alpha value is -0.540. The van der Waals surface area contributed by atoms with Gasteiger partial charge in [-0.3, -0.25) is 0 Å². The van der Waals surface area contributed by atoms with Gasteiger partial charge in [0.05, 0.1) is 0 Å². The summed E-state index contributed by atoms with van der Waals surface area (Å²) in [6.45, 7) is 10.1. The maximum Gasteiger partial charge on any atom is 0.0381 e. The number of hydrogen-bond donors (Lipinski definition) is 1. The van der Waals surface area contributed by atoms with E-state index in [1.165, 1.54) is 22.1 Å². The lowest BCUT2D eigenvalue weighted by molar-refractivity contribution is 0.388. The first-order chi connectivity index (χ1) is 8.54. The number of aryl methyl sites for hydroxylation is 1.